The van der Waals surface area contributed by atoms with Crippen LogP contribution < -0.4 is 0 Å². The number of hydrogen-bond donors (Lipinski definition) is 1. The molecular formula is C23H28N2O4. The van der Waals surface area contributed by atoms with E-state index >= 15 is 0 Å². The zero-order valence-corrected chi connectivity index (χ0v) is 17.0. The second kappa shape index (κ2) is 9.29. The number of Topliss-reactive ketones (excluding diaryl/α,β-unsaturated/α-hetero) is 1. The molecule has 0 saturated heterocycles. The third-order valence-electron chi connectivity index (χ3n) is 5.70. The number of nitro groups is 1. The van der Waals surface area contributed by atoms with Crippen molar-refractivity contribution in [1.29, 1.82) is 0 Å². The van der Waals surface area contributed by atoms with Crippen molar-refractivity contribution in [1.82, 2.24) is 4.90 Å². The van der Waals surface area contributed by atoms with Crippen LogP contribution in [0.4, 0.5) is 5.69 Å². The third kappa shape index (κ3) is 5.49. The maximum atomic E-state index is 12.8. The van der Waals surface area contributed by atoms with E-state index in [1.165, 1.54) is 23.3 Å². The van der Waals surface area contributed by atoms with E-state index in [1.807, 2.05) is 14.1 Å². The molecule has 1 saturated carbocycles. The maximum Gasteiger partial charge on any atom is 0.269 e. The van der Waals surface area contributed by atoms with Crippen molar-refractivity contribution in [3.05, 3.63) is 75.3 Å². The van der Waals surface area contributed by atoms with E-state index in [0.717, 1.165) is 18.5 Å². The number of hydrogen-bond acceptors (Lipinski definition) is 5. The zero-order valence-electron chi connectivity index (χ0n) is 17.0. The molecule has 6 heteroatoms. The highest BCUT2D eigenvalue weighted by Crippen LogP contribution is 2.37. The van der Waals surface area contributed by atoms with Gasteiger partial charge in [0.15, 0.2) is 0 Å². The van der Waals surface area contributed by atoms with Gasteiger partial charge in [-0.2, -0.15) is 0 Å². The van der Waals surface area contributed by atoms with Crippen LogP contribution in [0.3, 0.4) is 0 Å². The Labute approximate surface area is 171 Å². The Bertz CT molecular complexity index is 846. The fraction of sp³-hybridized carbons (Fsp3) is 0.435. The summed E-state index contributed by atoms with van der Waals surface area (Å²) in [6.07, 6.45) is 1.69. The summed E-state index contributed by atoms with van der Waals surface area (Å²) >= 11 is 0. The number of nitro benzene ring substituents is 1. The Hall–Kier alpha value is -2.57. The minimum atomic E-state index is -0.621. The summed E-state index contributed by atoms with van der Waals surface area (Å²) in [5, 5.41) is 21.2. The number of nitrogens with zero attached hydrogens (tertiary/aromatic N) is 2. The van der Waals surface area contributed by atoms with Gasteiger partial charge in [-0.15, -0.1) is 0 Å². The number of carbonyl (C=O) groups is 1. The Morgan fingerprint density at radius 1 is 1.07 bits per heavy atom. The van der Waals surface area contributed by atoms with Crippen molar-refractivity contribution < 1.29 is 14.8 Å². The Morgan fingerprint density at radius 2 is 1.69 bits per heavy atom. The molecule has 1 fully saturated rings. The Morgan fingerprint density at radius 3 is 2.28 bits per heavy atom. The molecule has 154 valence electrons. The average Bonchev–Trinajstić information content (AvgIpc) is 2.69. The van der Waals surface area contributed by atoms with Crippen LogP contribution in [0.25, 0.3) is 0 Å². The predicted octanol–water partition coefficient (Wildman–Crippen LogP) is 3.71. The van der Waals surface area contributed by atoms with Crippen LogP contribution in [0.5, 0.6) is 0 Å². The van der Waals surface area contributed by atoms with Crippen molar-refractivity contribution in [2.24, 2.45) is 5.92 Å². The predicted molar refractivity (Wildman–Crippen MR) is 112 cm³/mol. The number of non-ortho nitro benzene ring substituents is 1. The van der Waals surface area contributed by atoms with E-state index in [0.29, 0.717) is 12.8 Å². The Balaban J connectivity index is 1.65. The van der Waals surface area contributed by atoms with Crippen molar-refractivity contribution in [2.45, 2.75) is 44.2 Å². The van der Waals surface area contributed by atoms with Gasteiger partial charge in [-0.1, -0.05) is 36.4 Å². The highest BCUT2D eigenvalue weighted by molar-refractivity contribution is 5.84. The van der Waals surface area contributed by atoms with Gasteiger partial charge < -0.3 is 10.0 Å². The molecule has 3 unspecified atom stereocenters. The van der Waals surface area contributed by atoms with Gasteiger partial charge in [0, 0.05) is 31.0 Å². The van der Waals surface area contributed by atoms with Gasteiger partial charge in [-0.25, -0.2) is 0 Å². The van der Waals surface area contributed by atoms with Crippen LogP contribution in [0.2, 0.25) is 0 Å². The maximum absolute atomic E-state index is 12.8. The first-order valence-electron chi connectivity index (χ1n) is 10.0. The first-order valence-corrected chi connectivity index (χ1v) is 10.0. The summed E-state index contributed by atoms with van der Waals surface area (Å²) in [5.41, 5.74) is 3.22. The summed E-state index contributed by atoms with van der Waals surface area (Å²) in [6, 6.07) is 14.6. The molecule has 0 heterocycles. The quantitative estimate of drug-likeness (QED) is 0.570. The van der Waals surface area contributed by atoms with Crippen molar-refractivity contribution in [3.63, 3.8) is 0 Å². The van der Waals surface area contributed by atoms with Gasteiger partial charge in [0.05, 0.1) is 11.0 Å². The molecule has 2 aromatic rings. The third-order valence-corrected chi connectivity index (χ3v) is 5.70. The molecular weight excluding hydrogens is 368 g/mol. The lowest BCUT2D eigenvalue weighted by Gasteiger charge is -2.33. The molecule has 1 aliphatic carbocycles. The first kappa shape index (κ1) is 21.1. The molecule has 0 bridgehead atoms. The Kier molecular flexibility index (Phi) is 6.77. The molecule has 0 amide bonds. The highest BCUT2D eigenvalue weighted by Gasteiger charge is 2.34. The molecule has 3 atom stereocenters. The summed E-state index contributed by atoms with van der Waals surface area (Å²) in [7, 11) is 4.08. The zero-order chi connectivity index (χ0) is 21.0. The summed E-state index contributed by atoms with van der Waals surface area (Å²) in [4.78, 5) is 25.3. The highest BCUT2D eigenvalue weighted by atomic mass is 16.6. The fourth-order valence-corrected chi connectivity index (χ4v) is 4.13. The van der Waals surface area contributed by atoms with E-state index < -0.39 is 16.9 Å². The fourth-order valence-electron chi connectivity index (χ4n) is 4.13. The van der Waals surface area contributed by atoms with Crippen LogP contribution in [0.1, 0.15) is 41.9 Å². The molecule has 1 N–H and O–H groups in total. The standard InChI is InChI=1S/C23H28N2O4/c1-24(2)15-17-3-7-18(8-4-17)19-9-12-22(26)21(14-19)23(27)13-16-5-10-20(11-6-16)25(28)29/h3-8,10-11,19,21-22,26H,9,12-15H2,1-2H3. The van der Waals surface area contributed by atoms with Crippen molar-refractivity contribution in [3.8, 4) is 0 Å². The summed E-state index contributed by atoms with van der Waals surface area (Å²) < 4.78 is 0. The monoisotopic (exact) mass is 396 g/mol. The number of benzene rings is 2. The molecule has 29 heavy (non-hydrogen) atoms. The van der Waals surface area contributed by atoms with E-state index in [1.54, 1.807) is 12.1 Å². The summed E-state index contributed by atoms with van der Waals surface area (Å²) in [5.74, 6) is -0.136. The number of rotatable bonds is 7. The lowest BCUT2D eigenvalue weighted by atomic mass is 9.74. The van der Waals surface area contributed by atoms with E-state index in [9.17, 15) is 20.0 Å². The minimum Gasteiger partial charge on any atom is -0.392 e. The SMILES string of the molecule is CN(C)Cc1ccc(C2CCC(O)C(C(=O)Cc3ccc([N+](=O)[O-])cc3)C2)cc1. The number of carbonyl (C=O) groups excluding carboxylic acids is 1. The van der Waals surface area contributed by atoms with E-state index in [-0.39, 0.29) is 23.8 Å². The minimum absolute atomic E-state index is 0.000260. The molecule has 3 rings (SSSR count). The average molecular weight is 396 g/mol. The van der Waals surface area contributed by atoms with Gasteiger partial charge >= 0.3 is 0 Å². The normalized spacial score (nSPS) is 21.9. The lowest BCUT2D eigenvalue weighted by Crippen LogP contribution is -2.35. The van der Waals surface area contributed by atoms with Crippen LogP contribution in [-0.2, 0) is 17.8 Å². The van der Waals surface area contributed by atoms with Crippen LogP contribution in [0.15, 0.2) is 48.5 Å². The number of aliphatic hydroxyl groups is 1. The van der Waals surface area contributed by atoms with Crippen LogP contribution in [-0.4, -0.2) is 40.9 Å². The van der Waals surface area contributed by atoms with Gasteiger partial charge in [-0.3, -0.25) is 14.9 Å². The molecule has 6 nitrogen and oxygen atoms in total. The number of ketones is 1. The molecule has 0 spiro atoms. The smallest absolute Gasteiger partial charge is 0.269 e. The van der Waals surface area contributed by atoms with Crippen molar-refractivity contribution >= 4 is 11.5 Å². The first-order chi connectivity index (χ1) is 13.8. The largest absolute Gasteiger partial charge is 0.392 e. The summed E-state index contributed by atoms with van der Waals surface area (Å²) in [6.45, 7) is 0.889. The second-order valence-corrected chi connectivity index (χ2v) is 8.23. The molecule has 0 radical (unpaired) electrons. The van der Waals surface area contributed by atoms with E-state index in [4.69, 9.17) is 0 Å². The van der Waals surface area contributed by atoms with Gasteiger partial charge in [0.2, 0.25) is 0 Å². The van der Waals surface area contributed by atoms with Crippen LogP contribution >= 0.6 is 0 Å². The lowest BCUT2D eigenvalue weighted by molar-refractivity contribution is -0.384. The van der Waals surface area contributed by atoms with Gasteiger partial charge in [-0.05, 0) is 56.0 Å². The number of aliphatic hydroxyl groups excluding tert-OH is 1. The van der Waals surface area contributed by atoms with Gasteiger partial charge in [0.1, 0.15) is 5.78 Å². The molecule has 2 aromatic carbocycles. The van der Waals surface area contributed by atoms with Crippen LogP contribution in [0, 0.1) is 16.0 Å². The second-order valence-electron chi connectivity index (χ2n) is 8.23. The van der Waals surface area contributed by atoms with Crippen molar-refractivity contribution in [2.75, 3.05) is 14.1 Å². The molecule has 1 aliphatic rings. The topological polar surface area (TPSA) is 83.7 Å². The molecule has 0 aromatic heterocycles. The van der Waals surface area contributed by atoms with Gasteiger partial charge in [0.25, 0.3) is 5.69 Å². The van der Waals surface area contributed by atoms with E-state index in [2.05, 4.69) is 29.2 Å². The molecule has 0 aliphatic heterocycles.